The van der Waals surface area contributed by atoms with Crippen LogP contribution in [0.15, 0.2) is 12.2 Å². The molecule has 0 aromatic carbocycles. The van der Waals surface area contributed by atoms with Crippen molar-refractivity contribution >= 4 is 19.4 Å². The lowest BCUT2D eigenvalue weighted by Crippen LogP contribution is -2.60. The summed E-state index contributed by atoms with van der Waals surface area (Å²) in [5, 5.41) is 3.43. The normalized spacial score (nSPS) is 37.2. The Morgan fingerprint density at radius 3 is 2.49 bits per heavy atom. The Labute approximate surface area is 224 Å². The van der Waals surface area contributed by atoms with Crippen molar-refractivity contribution in [1.29, 1.82) is 0 Å². The quantitative estimate of drug-likeness (QED) is 0.261. The molecule has 37 heavy (non-hydrogen) atoms. The Bertz CT molecular complexity index is 914. The monoisotopic (exact) mass is 536 g/mol. The van der Waals surface area contributed by atoms with Crippen LogP contribution in [-0.2, 0) is 23.2 Å². The van der Waals surface area contributed by atoms with Crippen LogP contribution < -0.4 is 5.32 Å². The summed E-state index contributed by atoms with van der Waals surface area (Å²) in [4.78, 5) is 27.2. The summed E-state index contributed by atoms with van der Waals surface area (Å²) >= 11 is 0. The average Bonchev–Trinajstić information content (AvgIpc) is 3.18. The minimum Gasteiger partial charge on any atom is -0.353 e. The lowest BCUT2D eigenvalue weighted by atomic mass is 9.48. The second-order valence-electron chi connectivity index (χ2n) is 12.3. The minimum absolute atomic E-state index is 0.0581. The van der Waals surface area contributed by atoms with Crippen LogP contribution in [-0.4, -0.2) is 55.2 Å². The van der Waals surface area contributed by atoms with Gasteiger partial charge in [0.1, 0.15) is 0 Å². The van der Waals surface area contributed by atoms with Crippen molar-refractivity contribution in [3.8, 4) is 0 Å². The molecule has 0 radical (unpaired) electrons. The molecule has 1 aliphatic heterocycles. The van der Waals surface area contributed by atoms with E-state index in [0.717, 1.165) is 38.5 Å². The zero-order chi connectivity index (χ0) is 26.8. The number of fused-ring (bicyclic) bond motifs is 5. The highest BCUT2D eigenvalue weighted by molar-refractivity contribution is 7.53. The molecule has 1 unspecified atom stereocenters. The Morgan fingerprint density at radius 1 is 1.05 bits per heavy atom. The van der Waals surface area contributed by atoms with E-state index in [9.17, 15) is 14.2 Å². The Morgan fingerprint density at radius 2 is 1.78 bits per heavy atom. The summed E-state index contributed by atoms with van der Waals surface area (Å²) in [5.41, 5.74) is 0.213. The molecule has 4 rings (SSSR count). The van der Waals surface area contributed by atoms with Crippen LogP contribution in [0.25, 0.3) is 0 Å². The SMILES string of the molecule is CCOP(=O)(CCCCCC(=O)NC1CC[C@H]2[C@@H]3CC[C@H]4N(C)C(=O)C=C[C@]4(C)[C@H]3CC[C@]12C)OCC. The lowest BCUT2D eigenvalue weighted by molar-refractivity contribution is -0.138. The van der Waals surface area contributed by atoms with Crippen molar-refractivity contribution in [3.63, 3.8) is 0 Å². The topological polar surface area (TPSA) is 84.9 Å². The highest BCUT2D eigenvalue weighted by Crippen LogP contribution is 2.64. The molecular formula is C29H49N2O5P. The summed E-state index contributed by atoms with van der Waals surface area (Å²) in [7, 11) is -1.02. The highest BCUT2D eigenvalue weighted by Gasteiger charge is 2.60. The molecule has 3 fully saturated rings. The molecule has 1 N–H and O–H groups in total. The molecule has 0 aromatic heterocycles. The predicted molar refractivity (Wildman–Crippen MR) is 146 cm³/mol. The van der Waals surface area contributed by atoms with Gasteiger partial charge in [0.15, 0.2) is 0 Å². The van der Waals surface area contributed by atoms with Crippen molar-refractivity contribution in [3.05, 3.63) is 12.2 Å². The molecule has 0 aromatic rings. The van der Waals surface area contributed by atoms with E-state index < -0.39 is 7.60 Å². The molecule has 210 valence electrons. The number of amides is 2. The number of rotatable bonds is 11. The smallest absolute Gasteiger partial charge is 0.330 e. The van der Waals surface area contributed by atoms with Crippen LogP contribution >= 0.6 is 7.60 Å². The number of nitrogens with one attached hydrogen (secondary N) is 1. The van der Waals surface area contributed by atoms with Gasteiger partial charge in [-0.3, -0.25) is 14.2 Å². The standard InChI is InChI=1S/C29H49N2O5P/c1-6-35-37(34,36-7-2)20-10-8-9-11-26(32)30-24-14-13-22-21-12-15-25-29(4,19-17-27(33)31(25)5)23(21)16-18-28(22,24)3/h17,19,21-25H,6-16,18,20H2,1-5H3,(H,30,32)/t21-,22-,23-,24?,25+,28-,29+/m0/s1. The lowest BCUT2D eigenvalue weighted by Gasteiger charge is -2.60. The molecule has 8 heteroatoms. The Kier molecular flexibility index (Phi) is 8.97. The van der Waals surface area contributed by atoms with Gasteiger partial charge >= 0.3 is 7.60 Å². The zero-order valence-corrected chi connectivity index (χ0v) is 24.6. The van der Waals surface area contributed by atoms with Gasteiger partial charge in [0.2, 0.25) is 11.8 Å². The van der Waals surface area contributed by atoms with Crippen LogP contribution in [0.1, 0.15) is 91.9 Å². The van der Waals surface area contributed by atoms with E-state index in [4.69, 9.17) is 9.05 Å². The molecule has 7 atom stereocenters. The van der Waals surface area contributed by atoms with E-state index in [-0.39, 0.29) is 28.7 Å². The Balaban J connectivity index is 1.29. The average molecular weight is 537 g/mol. The summed E-state index contributed by atoms with van der Waals surface area (Å²) in [5.74, 6) is 2.20. The first-order valence-electron chi connectivity index (χ1n) is 14.7. The van der Waals surface area contributed by atoms with Crippen molar-refractivity contribution in [2.24, 2.45) is 28.6 Å². The van der Waals surface area contributed by atoms with Crippen LogP contribution in [0, 0.1) is 28.6 Å². The first kappa shape index (κ1) is 28.8. The third-order valence-electron chi connectivity index (χ3n) is 10.5. The van der Waals surface area contributed by atoms with Gasteiger partial charge in [-0.1, -0.05) is 26.3 Å². The number of unbranched alkanes of at least 4 members (excludes halogenated alkanes) is 2. The predicted octanol–water partition coefficient (Wildman–Crippen LogP) is 5.94. The largest absolute Gasteiger partial charge is 0.353 e. The number of carbonyl (C=O) groups is 2. The number of likely N-dealkylation sites (N-methyl/N-ethyl adjacent to an activating group) is 1. The fourth-order valence-corrected chi connectivity index (χ4v) is 10.3. The number of nitrogens with zero attached hydrogens (tertiary/aromatic N) is 1. The van der Waals surface area contributed by atoms with Crippen molar-refractivity contribution in [1.82, 2.24) is 10.2 Å². The molecule has 3 aliphatic carbocycles. The van der Waals surface area contributed by atoms with Crippen LogP contribution in [0.5, 0.6) is 0 Å². The zero-order valence-electron chi connectivity index (χ0n) is 23.7. The molecule has 0 spiro atoms. The fraction of sp³-hybridized carbons (Fsp3) is 0.862. The molecule has 3 saturated carbocycles. The maximum absolute atomic E-state index is 12.9. The third-order valence-corrected chi connectivity index (χ3v) is 12.6. The van der Waals surface area contributed by atoms with E-state index in [1.165, 1.54) is 19.3 Å². The van der Waals surface area contributed by atoms with Crippen molar-refractivity contribution in [2.45, 2.75) is 104 Å². The van der Waals surface area contributed by atoms with Gasteiger partial charge in [-0.05, 0) is 94.5 Å². The molecule has 1 heterocycles. The van der Waals surface area contributed by atoms with E-state index in [1.54, 1.807) is 6.08 Å². The molecule has 7 nitrogen and oxygen atoms in total. The maximum atomic E-state index is 12.9. The van der Waals surface area contributed by atoms with Gasteiger partial charge in [-0.25, -0.2) is 0 Å². The van der Waals surface area contributed by atoms with E-state index >= 15 is 0 Å². The second-order valence-corrected chi connectivity index (χ2v) is 14.5. The third kappa shape index (κ3) is 5.61. The van der Waals surface area contributed by atoms with Crippen LogP contribution in [0.2, 0.25) is 0 Å². The van der Waals surface area contributed by atoms with Crippen LogP contribution in [0.4, 0.5) is 0 Å². The van der Waals surface area contributed by atoms with E-state index in [1.807, 2.05) is 25.8 Å². The molecule has 4 aliphatic rings. The van der Waals surface area contributed by atoms with Crippen molar-refractivity contribution < 1.29 is 23.2 Å². The van der Waals surface area contributed by atoms with Gasteiger partial charge in [0.25, 0.3) is 0 Å². The number of carbonyl (C=O) groups excluding carboxylic acids is 2. The maximum Gasteiger partial charge on any atom is 0.330 e. The Hall–Kier alpha value is -1.17. The summed E-state index contributed by atoms with van der Waals surface area (Å²) in [6.07, 6.45) is 14.2. The van der Waals surface area contributed by atoms with Gasteiger partial charge in [-0.15, -0.1) is 0 Å². The minimum atomic E-state index is -2.99. The summed E-state index contributed by atoms with van der Waals surface area (Å²) in [6.45, 7) is 9.23. The fourth-order valence-electron chi connectivity index (χ4n) is 8.57. The first-order valence-corrected chi connectivity index (χ1v) is 16.4. The molecular weight excluding hydrogens is 487 g/mol. The molecule has 2 amide bonds. The van der Waals surface area contributed by atoms with E-state index in [2.05, 4.69) is 25.2 Å². The molecule has 0 saturated heterocycles. The summed E-state index contributed by atoms with van der Waals surface area (Å²) in [6, 6.07) is 0.558. The van der Waals surface area contributed by atoms with Crippen LogP contribution in [0.3, 0.4) is 0 Å². The molecule has 0 bridgehead atoms. The highest BCUT2D eigenvalue weighted by atomic mass is 31.2. The van der Waals surface area contributed by atoms with Gasteiger partial charge in [0, 0.05) is 31.0 Å². The second kappa shape index (κ2) is 11.5. The van der Waals surface area contributed by atoms with Crippen molar-refractivity contribution in [2.75, 3.05) is 26.4 Å². The number of hydrogen-bond donors (Lipinski definition) is 1. The van der Waals surface area contributed by atoms with Gasteiger partial charge in [0.05, 0.1) is 19.4 Å². The van der Waals surface area contributed by atoms with Gasteiger partial charge in [-0.2, -0.15) is 0 Å². The first-order chi connectivity index (χ1) is 17.6. The summed E-state index contributed by atoms with van der Waals surface area (Å²) < 4.78 is 23.3. The number of hydrogen-bond acceptors (Lipinski definition) is 5. The van der Waals surface area contributed by atoms with E-state index in [0.29, 0.717) is 49.6 Å². The van der Waals surface area contributed by atoms with Gasteiger partial charge < -0.3 is 19.3 Å².